The molecule has 0 aromatic heterocycles. The summed E-state index contributed by atoms with van der Waals surface area (Å²) in [6.45, 7) is 3.49. The van der Waals surface area contributed by atoms with E-state index >= 15 is 0 Å². The average molecular weight is 431 g/mol. The Morgan fingerprint density at radius 1 is 1.17 bits per heavy atom. The lowest BCUT2D eigenvalue weighted by atomic mass is 9.75. The van der Waals surface area contributed by atoms with Crippen LogP contribution in [0.1, 0.15) is 70.3 Å². The molecule has 3 fully saturated rings. The molecule has 0 radical (unpaired) electrons. The number of hydrogen-bond donors (Lipinski definition) is 0. The Balaban J connectivity index is 1.68. The molecule has 4 rings (SSSR count). The van der Waals surface area contributed by atoms with E-state index in [0.717, 1.165) is 51.5 Å². The first-order chi connectivity index (χ1) is 14.5. The molecular formula is C24H31ClN2O3. The number of benzene rings is 1. The number of nitrogens with zero attached hydrogens (tertiary/aromatic N) is 2. The molecule has 1 unspecified atom stereocenters. The minimum atomic E-state index is -1.19. The molecule has 2 aliphatic carbocycles. The van der Waals surface area contributed by atoms with Gasteiger partial charge in [0.15, 0.2) is 0 Å². The molecule has 1 aromatic rings. The Morgan fingerprint density at radius 3 is 2.50 bits per heavy atom. The van der Waals surface area contributed by atoms with Gasteiger partial charge in [-0.1, -0.05) is 49.6 Å². The Morgan fingerprint density at radius 2 is 1.87 bits per heavy atom. The summed E-state index contributed by atoms with van der Waals surface area (Å²) in [5.74, 6) is 0.137. The maximum Gasteiger partial charge on any atom is 0.241 e. The van der Waals surface area contributed by atoms with Crippen LogP contribution >= 0.6 is 11.6 Å². The van der Waals surface area contributed by atoms with Gasteiger partial charge in [-0.25, -0.2) is 0 Å². The maximum absolute atomic E-state index is 13.8. The second-order valence-electron chi connectivity index (χ2n) is 9.21. The SMILES string of the molecule is CCCN(CC1CC1)C(=O)CC1(c2ccccc2Cl)CC(=O)N(C2CCCC2)C1=O. The first-order valence-electron chi connectivity index (χ1n) is 11.4. The van der Waals surface area contributed by atoms with Gasteiger partial charge >= 0.3 is 0 Å². The van der Waals surface area contributed by atoms with Crippen molar-refractivity contribution in [2.75, 3.05) is 13.1 Å². The van der Waals surface area contributed by atoms with Crippen LogP contribution in [0.2, 0.25) is 5.02 Å². The summed E-state index contributed by atoms with van der Waals surface area (Å²) in [5, 5.41) is 0.448. The van der Waals surface area contributed by atoms with Crippen LogP contribution in [0.5, 0.6) is 0 Å². The molecule has 5 nitrogen and oxygen atoms in total. The summed E-state index contributed by atoms with van der Waals surface area (Å²) in [5.41, 5.74) is -0.577. The first-order valence-corrected chi connectivity index (χ1v) is 11.7. The largest absolute Gasteiger partial charge is 0.342 e. The van der Waals surface area contributed by atoms with Gasteiger partial charge in [0.05, 0.1) is 5.41 Å². The highest BCUT2D eigenvalue weighted by molar-refractivity contribution is 6.32. The number of hydrogen-bond acceptors (Lipinski definition) is 3. The number of imide groups is 1. The normalized spacial score (nSPS) is 24.7. The van der Waals surface area contributed by atoms with Gasteiger partial charge in [0.2, 0.25) is 17.7 Å². The van der Waals surface area contributed by atoms with Gasteiger partial charge in [-0.05, 0) is 49.7 Å². The van der Waals surface area contributed by atoms with Gasteiger partial charge in [0.25, 0.3) is 0 Å². The van der Waals surface area contributed by atoms with E-state index in [2.05, 4.69) is 6.92 Å². The average Bonchev–Trinajstić information content (AvgIpc) is 3.30. The van der Waals surface area contributed by atoms with Gasteiger partial charge in [0.1, 0.15) is 0 Å². The van der Waals surface area contributed by atoms with Crippen LogP contribution in [0.3, 0.4) is 0 Å². The molecule has 1 heterocycles. The second kappa shape index (κ2) is 8.70. The van der Waals surface area contributed by atoms with Crippen molar-refractivity contribution >= 4 is 29.3 Å². The van der Waals surface area contributed by atoms with Crippen molar-refractivity contribution in [3.05, 3.63) is 34.9 Å². The zero-order chi connectivity index (χ0) is 21.3. The quantitative estimate of drug-likeness (QED) is 0.577. The van der Waals surface area contributed by atoms with Gasteiger partial charge in [-0.2, -0.15) is 0 Å². The van der Waals surface area contributed by atoms with E-state index in [9.17, 15) is 14.4 Å². The number of amides is 3. The molecule has 2 saturated carbocycles. The number of likely N-dealkylation sites (tertiary alicyclic amines) is 1. The Bertz CT molecular complexity index is 831. The van der Waals surface area contributed by atoms with Gasteiger partial charge in [0, 0.05) is 37.0 Å². The minimum Gasteiger partial charge on any atom is -0.342 e. The monoisotopic (exact) mass is 430 g/mol. The molecule has 3 aliphatic rings. The van der Waals surface area contributed by atoms with Crippen LogP contribution in [0, 0.1) is 5.92 Å². The molecule has 1 saturated heterocycles. The van der Waals surface area contributed by atoms with E-state index in [1.54, 1.807) is 6.07 Å². The number of halogens is 1. The van der Waals surface area contributed by atoms with E-state index in [0.29, 0.717) is 23.0 Å². The van der Waals surface area contributed by atoms with E-state index < -0.39 is 5.41 Å². The molecule has 1 aliphatic heterocycles. The minimum absolute atomic E-state index is 0.0112. The third-order valence-corrected chi connectivity index (χ3v) is 7.23. The van der Waals surface area contributed by atoms with Crippen molar-refractivity contribution in [3.8, 4) is 0 Å². The van der Waals surface area contributed by atoms with Crippen molar-refractivity contribution in [2.45, 2.75) is 76.2 Å². The molecular weight excluding hydrogens is 400 g/mol. The van der Waals surface area contributed by atoms with E-state index in [1.807, 2.05) is 23.1 Å². The van der Waals surface area contributed by atoms with Crippen LogP contribution < -0.4 is 0 Å². The highest BCUT2D eigenvalue weighted by Crippen LogP contribution is 2.45. The third-order valence-electron chi connectivity index (χ3n) is 6.90. The molecule has 1 atom stereocenters. The fourth-order valence-corrected chi connectivity index (χ4v) is 5.47. The molecule has 0 N–H and O–H groups in total. The fourth-order valence-electron chi connectivity index (χ4n) is 5.16. The smallest absolute Gasteiger partial charge is 0.241 e. The lowest BCUT2D eigenvalue weighted by Crippen LogP contribution is -2.46. The summed E-state index contributed by atoms with van der Waals surface area (Å²) in [4.78, 5) is 43.7. The van der Waals surface area contributed by atoms with Crippen LogP contribution in [0.25, 0.3) is 0 Å². The highest BCUT2D eigenvalue weighted by atomic mass is 35.5. The van der Waals surface area contributed by atoms with Crippen LogP contribution in [-0.4, -0.2) is 46.7 Å². The maximum atomic E-state index is 13.8. The molecule has 30 heavy (non-hydrogen) atoms. The fraction of sp³-hybridized carbons (Fsp3) is 0.625. The van der Waals surface area contributed by atoms with Crippen molar-refractivity contribution < 1.29 is 14.4 Å². The lowest BCUT2D eigenvalue weighted by Gasteiger charge is -2.32. The molecule has 162 valence electrons. The van der Waals surface area contributed by atoms with Crippen LogP contribution in [-0.2, 0) is 19.8 Å². The summed E-state index contributed by atoms with van der Waals surface area (Å²) in [6, 6.07) is 7.16. The zero-order valence-corrected chi connectivity index (χ0v) is 18.5. The zero-order valence-electron chi connectivity index (χ0n) is 17.7. The Hall–Kier alpha value is -1.88. The van der Waals surface area contributed by atoms with Gasteiger partial charge < -0.3 is 4.90 Å². The topological polar surface area (TPSA) is 57.7 Å². The molecule has 0 spiro atoms. The first kappa shape index (κ1) is 21.4. The summed E-state index contributed by atoms with van der Waals surface area (Å²) in [6.07, 6.45) is 7.02. The second-order valence-corrected chi connectivity index (χ2v) is 9.61. The summed E-state index contributed by atoms with van der Waals surface area (Å²) >= 11 is 6.53. The highest BCUT2D eigenvalue weighted by Gasteiger charge is 2.56. The molecule has 1 aromatic carbocycles. The Kier molecular flexibility index (Phi) is 6.19. The molecule has 0 bridgehead atoms. The van der Waals surface area contributed by atoms with Crippen molar-refractivity contribution in [1.29, 1.82) is 0 Å². The van der Waals surface area contributed by atoms with E-state index in [1.165, 1.54) is 4.90 Å². The van der Waals surface area contributed by atoms with Gasteiger partial charge in [-0.15, -0.1) is 0 Å². The van der Waals surface area contributed by atoms with Gasteiger partial charge in [-0.3, -0.25) is 19.3 Å². The lowest BCUT2D eigenvalue weighted by molar-refractivity contribution is -0.144. The Labute approximate surface area is 183 Å². The number of carbonyl (C=O) groups excluding carboxylic acids is 3. The van der Waals surface area contributed by atoms with E-state index in [4.69, 9.17) is 11.6 Å². The van der Waals surface area contributed by atoms with Crippen LogP contribution in [0.4, 0.5) is 0 Å². The van der Waals surface area contributed by atoms with Crippen molar-refractivity contribution in [1.82, 2.24) is 9.80 Å². The van der Waals surface area contributed by atoms with Crippen molar-refractivity contribution in [3.63, 3.8) is 0 Å². The predicted octanol–water partition coefficient (Wildman–Crippen LogP) is 4.32. The summed E-state index contributed by atoms with van der Waals surface area (Å²) in [7, 11) is 0. The molecule has 3 amide bonds. The predicted molar refractivity (Wildman–Crippen MR) is 116 cm³/mol. The molecule has 6 heteroatoms. The third kappa shape index (κ3) is 4.01. The standard InChI is InChI=1S/C24H31ClN2O3/c1-2-13-26(16-17-11-12-17)21(28)14-24(19-9-5-6-10-20(19)25)15-22(29)27(23(24)30)18-7-3-4-8-18/h5-6,9-10,17-18H,2-4,7-8,11-16H2,1H3. The van der Waals surface area contributed by atoms with Crippen LogP contribution in [0.15, 0.2) is 24.3 Å². The van der Waals surface area contributed by atoms with Crippen molar-refractivity contribution in [2.24, 2.45) is 5.92 Å². The summed E-state index contributed by atoms with van der Waals surface area (Å²) < 4.78 is 0. The number of rotatable bonds is 8. The number of carbonyl (C=O) groups is 3. The van der Waals surface area contributed by atoms with E-state index in [-0.39, 0.29) is 36.6 Å².